The van der Waals surface area contributed by atoms with Gasteiger partial charge in [-0.15, -0.1) is 24.0 Å². The fourth-order valence-corrected chi connectivity index (χ4v) is 4.29. The highest BCUT2D eigenvalue weighted by Gasteiger charge is 2.44. The zero-order valence-electron chi connectivity index (χ0n) is 16.2. The Kier molecular flexibility index (Phi) is 8.68. The van der Waals surface area contributed by atoms with Gasteiger partial charge in [0.2, 0.25) is 0 Å². The van der Waals surface area contributed by atoms with Gasteiger partial charge >= 0.3 is 0 Å². The molecule has 1 aliphatic heterocycles. The van der Waals surface area contributed by atoms with Gasteiger partial charge in [-0.3, -0.25) is 4.99 Å². The summed E-state index contributed by atoms with van der Waals surface area (Å²) < 4.78 is 19.3. The molecule has 2 fully saturated rings. The van der Waals surface area contributed by atoms with Crippen LogP contribution in [0.4, 0.5) is 4.39 Å². The molecule has 1 saturated carbocycles. The van der Waals surface area contributed by atoms with E-state index in [4.69, 9.17) is 9.73 Å². The van der Waals surface area contributed by atoms with Crippen LogP contribution in [0.3, 0.4) is 0 Å². The second-order valence-corrected chi connectivity index (χ2v) is 8.61. The molecule has 4 nitrogen and oxygen atoms in total. The maximum Gasteiger partial charge on any atom is 0.191 e. The number of halogens is 2. The fraction of sp³-hybridized carbons (Fsp3) is 0.650. The SMILES string of the molecule is CCNC(=NCC1(SC)CCOCC1)NCC1(c2cccc(F)c2)CC1.I. The van der Waals surface area contributed by atoms with Crippen LogP contribution in [-0.2, 0) is 10.2 Å². The molecule has 27 heavy (non-hydrogen) atoms. The number of aliphatic imine (C=N–C) groups is 1. The van der Waals surface area contributed by atoms with E-state index in [-0.39, 0.29) is 40.0 Å². The standard InChI is InChI=1S/C20H30FN3OS.HI/c1-3-22-18(24-15-20(26-2)9-11-25-12-10-20)23-14-19(7-8-19)16-5-4-6-17(21)13-16;/h4-6,13H,3,7-12,14-15H2,1-2H3,(H2,22,23,24);1H. The van der Waals surface area contributed by atoms with E-state index in [0.717, 1.165) is 70.1 Å². The Labute approximate surface area is 183 Å². The van der Waals surface area contributed by atoms with Crippen molar-refractivity contribution in [3.05, 3.63) is 35.6 Å². The van der Waals surface area contributed by atoms with E-state index in [1.165, 1.54) is 6.07 Å². The number of nitrogens with zero attached hydrogens (tertiary/aromatic N) is 1. The van der Waals surface area contributed by atoms with Gasteiger partial charge in [-0.05, 0) is 56.6 Å². The van der Waals surface area contributed by atoms with Crippen LogP contribution in [0.2, 0.25) is 0 Å². The number of hydrogen-bond donors (Lipinski definition) is 2. The summed E-state index contributed by atoms with van der Waals surface area (Å²) in [4.78, 5) is 4.87. The zero-order valence-corrected chi connectivity index (χ0v) is 19.4. The summed E-state index contributed by atoms with van der Waals surface area (Å²) >= 11 is 1.90. The van der Waals surface area contributed by atoms with Gasteiger partial charge in [0.1, 0.15) is 5.82 Å². The summed E-state index contributed by atoms with van der Waals surface area (Å²) in [5, 5.41) is 6.85. The lowest BCUT2D eigenvalue weighted by molar-refractivity contribution is 0.0794. The lowest BCUT2D eigenvalue weighted by Gasteiger charge is -2.34. The van der Waals surface area contributed by atoms with Crippen LogP contribution in [-0.4, -0.2) is 49.8 Å². The Hall–Kier alpha value is -0.540. The van der Waals surface area contributed by atoms with E-state index in [0.29, 0.717) is 0 Å². The molecule has 152 valence electrons. The number of nitrogens with one attached hydrogen (secondary N) is 2. The summed E-state index contributed by atoms with van der Waals surface area (Å²) in [7, 11) is 0. The molecule has 0 radical (unpaired) electrons. The Morgan fingerprint density at radius 1 is 1.22 bits per heavy atom. The zero-order chi connectivity index (χ0) is 18.5. The van der Waals surface area contributed by atoms with Crippen LogP contribution >= 0.6 is 35.7 Å². The minimum Gasteiger partial charge on any atom is -0.381 e. The van der Waals surface area contributed by atoms with Crippen LogP contribution < -0.4 is 10.6 Å². The lowest BCUT2D eigenvalue weighted by Crippen LogP contribution is -2.43. The molecule has 1 aromatic rings. The first kappa shape index (κ1) is 22.7. The van der Waals surface area contributed by atoms with Crippen molar-refractivity contribution in [1.29, 1.82) is 0 Å². The third-order valence-corrected chi connectivity index (χ3v) is 6.99. The van der Waals surface area contributed by atoms with Gasteiger partial charge in [-0.25, -0.2) is 4.39 Å². The molecule has 0 spiro atoms. The highest BCUT2D eigenvalue weighted by atomic mass is 127. The molecule has 1 saturated heterocycles. The van der Waals surface area contributed by atoms with Gasteiger partial charge in [0, 0.05) is 36.5 Å². The Bertz CT molecular complexity index is 633. The molecule has 0 unspecified atom stereocenters. The van der Waals surface area contributed by atoms with Crippen molar-refractivity contribution >= 4 is 41.7 Å². The largest absolute Gasteiger partial charge is 0.381 e. The molecule has 1 aliphatic carbocycles. The molecule has 2 N–H and O–H groups in total. The average Bonchev–Trinajstić information content (AvgIpc) is 3.46. The predicted molar refractivity (Wildman–Crippen MR) is 123 cm³/mol. The predicted octanol–water partition coefficient (Wildman–Crippen LogP) is 3.94. The minimum absolute atomic E-state index is 0. The molecule has 2 aliphatic rings. The van der Waals surface area contributed by atoms with Gasteiger partial charge in [0.25, 0.3) is 0 Å². The molecule has 0 amide bonds. The molecule has 0 aromatic heterocycles. The topological polar surface area (TPSA) is 45.7 Å². The van der Waals surface area contributed by atoms with Crippen molar-refractivity contribution in [3.8, 4) is 0 Å². The van der Waals surface area contributed by atoms with Crippen molar-refractivity contribution in [2.45, 2.75) is 42.8 Å². The second-order valence-electron chi connectivity index (χ2n) is 7.34. The monoisotopic (exact) mass is 507 g/mol. The number of ether oxygens (including phenoxy) is 1. The smallest absolute Gasteiger partial charge is 0.191 e. The van der Waals surface area contributed by atoms with Crippen molar-refractivity contribution in [1.82, 2.24) is 10.6 Å². The van der Waals surface area contributed by atoms with E-state index >= 15 is 0 Å². The molecule has 1 heterocycles. The van der Waals surface area contributed by atoms with Crippen LogP contribution in [0.25, 0.3) is 0 Å². The van der Waals surface area contributed by atoms with Crippen LogP contribution in [0, 0.1) is 5.82 Å². The third-order valence-electron chi connectivity index (χ3n) is 5.59. The normalized spacial score (nSPS) is 20.5. The van der Waals surface area contributed by atoms with Crippen molar-refractivity contribution in [2.24, 2.45) is 4.99 Å². The first-order valence-corrected chi connectivity index (χ1v) is 10.8. The van der Waals surface area contributed by atoms with Gasteiger partial charge in [-0.1, -0.05) is 12.1 Å². The van der Waals surface area contributed by atoms with Gasteiger partial charge in [-0.2, -0.15) is 11.8 Å². The quantitative estimate of drug-likeness (QED) is 0.334. The van der Waals surface area contributed by atoms with Crippen molar-refractivity contribution in [3.63, 3.8) is 0 Å². The van der Waals surface area contributed by atoms with Crippen LogP contribution in [0.5, 0.6) is 0 Å². The molecular formula is C20H31FIN3OS. The Morgan fingerprint density at radius 2 is 1.96 bits per heavy atom. The summed E-state index contributed by atoms with van der Waals surface area (Å²) in [6.07, 6.45) is 6.45. The van der Waals surface area contributed by atoms with E-state index in [2.05, 4.69) is 23.8 Å². The average molecular weight is 507 g/mol. The van der Waals surface area contributed by atoms with Crippen molar-refractivity contribution in [2.75, 3.05) is 39.1 Å². The number of benzene rings is 1. The Balaban J connectivity index is 0.00000261. The molecule has 0 bridgehead atoms. The summed E-state index contributed by atoms with van der Waals surface area (Å²) in [5.74, 6) is 0.700. The van der Waals surface area contributed by atoms with Gasteiger partial charge in [0.05, 0.1) is 6.54 Å². The number of rotatable bonds is 7. The maximum atomic E-state index is 13.6. The molecule has 1 aromatic carbocycles. The third kappa shape index (κ3) is 5.97. The summed E-state index contributed by atoms with van der Waals surface area (Å²) in [6.45, 7) is 6.13. The van der Waals surface area contributed by atoms with Crippen molar-refractivity contribution < 1.29 is 9.13 Å². The number of thioether (sulfide) groups is 1. The van der Waals surface area contributed by atoms with E-state index in [1.54, 1.807) is 12.1 Å². The number of guanidine groups is 1. The summed E-state index contributed by atoms with van der Waals surface area (Å²) in [6, 6.07) is 7.02. The van der Waals surface area contributed by atoms with Gasteiger partial charge < -0.3 is 15.4 Å². The molecule has 3 rings (SSSR count). The molecule has 7 heteroatoms. The lowest BCUT2D eigenvalue weighted by atomic mass is 9.96. The second kappa shape index (κ2) is 10.3. The van der Waals surface area contributed by atoms with E-state index in [1.807, 2.05) is 17.8 Å². The highest BCUT2D eigenvalue weighted by molar-refractivity contribution is 14.0. The van der Waals surface area contributed by atoms with Crippen LogP contribution in [0.1, 0.15) is 38.2 Å². The first-order valence-electron chi connectivity index (χ1n) is 9.53. The minimum atomic E-state index is -0.157. The fourth-order valence-electron chi connectivity index (χ4n) is 3.52. The summed E-state index contributed by atoms with van der Waals surface area (Å²) in [5.41, 5.74) is 1.14. The molecule has 0 atom stereocenters. The highest BCUT2D eigenvalue weighted by Crippen LogP contribution is 2.47. The van der Waals surface area contributed by atoms with Crippen LogP contribution in [0.15, 0.2) is 29.3 Å². The maximum absolute atomic E-state index is 13.6. The molecular weight excluding hydrogens is 476 g/mol. The van der Waals surface area contributed by atoms with Gasteiger partial charge in [0.15, 0.2) is 5.96 Å². The first-order chi connectivity index (χ1) is 12.6. The number of hydrogen-bond acceptors (Lipinski definition) is 3. The van der Waals surface area contributed by atoms with E-state index < -0.39 is 0 Å². The Morgan fingerprint density at radius 3 is 2.56 bits per heavy atom. The van der Waals surface area contributed by atoms with E-state index in [9.17, 15) is 4.39 Å².